The first-order valence-electron chi connectivity index (χ1n) is 13.3. The van der Waals surface area contributed by atoms with E-state index in [2.05, 4.69) is 9.64 Å². The van der Waals surface area contributed by atoms with Crippen LogP contribution in [0, 0.1) is 5.82 Å². The van der Waals surface area contributed by atoms with Crippen molar-refractivity contribution in [2.75, 3.05) is 26.3 Å². The second-order valence-corrected chi connectivity index (χ2v) is 9.96. The minimum atomic E-state index is -3.04. The fourth-order valence-corrected chi connectivity index (χ4v) is 5.56. The first-order chi connectivity index (χ1) is 18.9. The molecule has 0 saturated carbocycles. The van der Waals surface area contributed by atoms with Gasteiger partial charge >= 0.3 is 6.61 Å². The molecule has 0 unspecified atom stereocenters. The zero-order valence-electron chi connectivity index (χ0n) is 21.5. The normalized spacial score (nSPS) is 17.8. The Morgan fingerprint density at radius 1 is 0.949 bits per heavy atom. The number of benzene rings is 3. The Bertz CT molecular complexity index is 1330. The van der Waals surface area contributed by atoms with Gasteiger partial charge in [0.05, 0.1) is 6.67 Å². The van der Waals surface area contributed by atoms with Crippen LogP contribution in [0.2, 0.25) is 0 Å². The summed E-state index contributed by atoms with van der Waals surface area (Å²) in [7, 11) is 0. The molecule has 0 spiro atoms. The van der Waals surface area contributed by atoms with Crippen molar-refractivity contribution >= 4 is 11.1 Å². The Balaban J connectivity index is 1.49. The molecule has 5 rings (SSSR count). The summed E-state index contributed by atoms with van der Waals surface area (Å²) >= 11 is 0. The van der Waals surface area contributed by atoms with Crippen molar-refractivity contribution in [1.29, 1.82) is 0 Å². The molecule has 4 nitrogen and oxygen atoms in total. The average Bonchev–Trinajstić information content (AvgIpc) is 3.27. The topological polar surface area (TPSA) is 41.9 Å². The minimum absolute atomic E-state index is 0.0369. The van der Waals surface area contributed by atoms with Gasteiger partial charge in [-0.2, -0.15) is 8.78 Å². The molecule has 1 heterocycles. The molecule has 1 atom stereocenters. The molecule has 39 heavy (non-hydrogen) atoms. The van der Waals surface area contributed by atoms with Gasteiger partial charge in [0, 0.05) is 31.3 Å². The lowest BCUT2D eigenvalue weighted by Crippen LogP contribution is -2.26. The minimum Gasteiger partial charge on any atom is -0.508 e. The SMILES string of the molecule is Oc1ccc2c(c1)CCCC(c1ccc(OC(F)F)cc1F)=C2c1ccc(O[C@H]2CCN(CCCF)C2)cc1. The van der Waals surface area contributed by atoms with Gasteiger partial charge in [-0.25, -0.2) is 4.39 Å². The number of halogens is 4. The number of hydrogen-bond donors (Lipinski definition) is 1. The Morgan fingerprint density at radius 3 is 2.46 bits per heavy atom. The lowest BCUT2D eigenvalue weighted by molar-refractivity contribution is -0.0500. The van der Waals surface area contributed by atoms with E-state index < -0.39 is 12.4 Å². The molecule has 1 saturated heterocycles. The Hall–Kier alpha value is -3.52. The predicted octanol–water partition coefficient (Wildman–Crippen LogP) is 7.24. The van der Waals surface area contributed by atoms with Gasteiger partial charge in [-0.1, -0.05) is 18.2 Å². The van der Waals surface area contributed by atoms with Crippen molar-refractivity contribution in [3.63, 3.8) is 0 Å². The molecule has 1 fully saturated rings. The summed E-state index contributed by atoms with van der Waals surface area (Å²) in [6, 6.07) is 16.7. The van der Waals surface area contributed by atoms with Crippen molar-refractivity contribution < 1.29 is 32.1 Å². The molecule has 2 aliphatic rings. The van der Waals surface area contributed by atoms with Crippen LogP contribution in [0.25, 0.3) is 11.1 Å². The van der Waals surface area contributed by atoms with E-state index in [4.69, 9.17) is 4.74 Å². The second kappa shape index (κ2) is 12.1. The fraction of sp³-hybridized carbons (Fsp3) is 0.355. The van der Waals surface area contributed by atoms with Crippen molar-refractivity contribution in [2.24, 2.45) is 0 Å². The highest BCUT2D eigenvalue weighted by Gasteiger charge is 2.25. The zero-order valence-corrected chi connectivity index (χ0v) is 21.5. The summed E-state index contributed by atoms with van der Waals surface area (Å²) in [6.07, 6.45) is 3.44. The monoisotopic (exact) mass is 541 g/mol. The molecule has 0 aromatic heterocycles. The number of hydrogen-bond acceptors (Lipinski definition) is 4. The van der Waals surface area contributed by atoms with Crippen LogP contribution in [-0.2, 0) is 6.42 Å². The summed E-state index contributed by atoms with van der Waals surface area (Å²) in [6.45, 7) is -0.979. The van der Waals surface area contributed by atoms with Gasteiger partial charge in [-0.15, -0.1) is 0 Å². The van der Waals surface area contributed by atoms with Crippen LogP contribution in [0.3, 0.4) is 0 Å². The number of nitrogens with zero attached hydrogens (tertiary/aromatic N) is 1. The number of phenolic OH excluding ortho intramolecular Hbond substituents is 1. The molecule has 1 aliphatic carbocycles. The second-order valence-electron chi connectivity index (χ2n) is 9.96. The zero-order chi connectivity index (χ0) is 27.4. The third-order valence-corrected chi connectivity index (χ3v) is 7.31. The Kier molecular flexibility index (Phi) is 8.41. The molecule has 3 aromatic rings. The summed E-state index contributed by atoms with van der Waals surface area (Å²) in [5, 5.41) is 10.1. The van der Waals surface area contributed by atoms with Crippen LogP contribution in [0.1, 0.15) is 47.9 Å². The highest BCUT2D eigenvalue weighted by Crippen LogP contribution is 2.42. The van der Waals surface area contributed by atoms with Gasteiger partial charge < -0.3 is 14.6 Å². The quantitative estimate of drug-likeness (QED) is 0.290. The van der Waals surface area contributed by atoms with Gasteiger partial charge in [0.15, 0.2) is 0 Å². The first-order valence-corrected chi connectivity index (χ1v) is 13.3. The lowest BCUT2D eigenvalue weighted by atomic mass is 9.87. The number of rotatable bonds is 9. The first kappa shape index (κ1) is 27.1. The molecular formula is C31H31F4NO3. The maximum absolute atomic E-state index is 15.3. The number of alkyl halides is 3. The van der Waals surface area contributed by atoms with E-state index in [0.717, 1.165) is 72.1 Å². The number of phenols is 1. The summed E-state index contributed by atoms with van der Waals surface area (Å²) in [4.78, 5) is 2.21. The van der Waals surface area contributed by atoms with Gasteiger partial charge in [0.2, 0.25) is 0 Å². The molecule has 8 heteroatoms. The van der Waals surface area contributed by atoms with Gasteiger partial charge in [-0.3, -0.25) is 9.29 Å². The molecule has 0 radical (unpaired) electrons. The average molecular weight is 542 g/mol. The van der Waals surface area contributed by atoms with Crippen molar-refractivity contribution in [3.8, 4) is 17.2 Å². The largest absolute Gasteiger partial charge is 0.508 e. The molecular weight excluding hydrogens is 510 g/mol. The van der Waals surface area contributed by atoms with Gasteiger partial charge in [0.1, 0.15) is 29.2 Å². The summed E-state index contributed by atoms with van der Waals surface area (Å²) in [5.74, 6) is 0.0139. The molecule has 1 N–H and O–H groups in total. The van der Waals surface area contributed by atoms with E-state index in [1.54, 1.807) is 12.1 Å². The van der Waals surface area contributed by atoms with Crippen LogP contribution in [-0.4, -0.2) is 49.0 Å². The molecule has 1 aliphatic heterocycles. The highest BCUT2D eigenvalue weighted by molar-refractivity contribution is 6.00. The van der Waals surface area contributed by atoms with Crippen molar-refractivity contribution in [2.45, 2.75) is 44.8 Å². The van der Waals surface area contributed by atoms with E-state index in [1.807, 2.05) is 30.3 Å². The van der Waals surface area contributed by atoms with Gasteiger partial charge in [-0.05, 0) is 96.3 Å². The van der Waals surface area contributed by atoms with E-state index in [9.17, 15) is 18.3 Å². The number of likely N-dealkylation sites (tertiary alicyclic amines) is 1. The van der Waals surface area contributed by atoms with Crippen molar-refractivity contribution in [1.82, 2.24) is 4.90 Å². The van der Waals surface area contributed by atoms with Crippen LogP contribution in [0.4, 0.5) is 17.6 Å². The van der Waals surface area contributed by atoms with Crippen LogP contribution >= 0.6 is 0 Å². The highest BCUT2D eigenvalue weighted by atomic mass is 19.3. The maximum atomic E-state index is 15.3. The van der Waals surface area contributed by atoms with E-state index >= 15 is 4.39 Å². The number of aromatic hydroxyl groups is 1. The standard InChI is InChI=1S/C31H31F4NO3/c32-14-2-15-36-16-13-25(19-36)38-23-8-5-20(6-9-23)30-26-11-7-22(37)17-21(26)3-1-4-28(30)27-12-10-24(18-29(27)33)39-31(34)35/h5-12,17-18,25,31,37H,1-4,13-16,19H2/t25-/m0/s1. The third-order valence-electron chi connectivity index (χ3n) is 7.31. The molecule has 3 aromatic carbocycles. The fourth-order valence-electron chi connectivity index (χ4n) is 5.56. The summed E-state index contributed by atoms with van der Waals surface area (Å²) in [5.41, 5.74) is 4.61. The number of allylic oxidation sites excluding steroid dienone is 1. The number of aryl methyl sites for hydroxylation is 1. The van der Waals surface area contributed by atoms with E-state index in [-0.39, 0.29) is 24.3 Å². The number of ether oxygens (including phenoxy) is 2. The van der Waals surface area contributed by atoms with E-state index in [1.165, 1.54) is 12.1 Å². The lowest BCUT2D eigenvalue weighted by Gasteiger charge is -2.19. The Labute approximate surface area is 225 Å². The summed E-state index contributed by atoms with van der Waals surface area (Å²) < 4.78 is 63.7. The Morgan fingerprint density at radius 2 is 1.72 bits per heavy atom. The van der Waals surface area contributed by atoms with Crippen LogP contribution in [0.15, 0.2) is 60.7 Å². The third kappa shape index (κ3) is 6.38. The number of fused-ring (bicyclic) bond motifs is 1. The molecule has 0 bridgehead atoms. The van der Waals surface area contributed by atoms with Crippen LogP contribution in [0.5, 0.6) is 17.2 Å². The van der Waals surface area contributed by atoms with E-state index in [0.29, 0.717) is 24.8 Å². The smallest absolute Gasteiger partial charge is 0.387 e. The van der Waals surface area contributed by atoms with Crippen LogP contribution < -0.4 is 9.47 Å². The van der Waals surface area contributed by atoms with Gasteiger partial charge in [0.25, 0.3) is 0 Å². The predicted molar refractivity (Wildman–Crippen MR) is 142 cm³/mol. The van der Waals surface area contributed by atoms with Crippen molar-refractivity contribution in [3.05, 3.63) is 88.7 Å². The molecule has 206 valence electrons. The molecule has 0 amide bonds. The maximum Gasteiger partial charge on any atom is 0.387 e.